The zero-order valence-electron chi connectivity index (χ0n) is 16.7. The second kappa shape index (κ2) is 7.27. The van der Waals surface area contributed by atoms with Crippen LogP contribution >= 0.6 is 0 Å². The van der Waals surface area contributed by atoms with Crippen LogP contribution in [0.3, 0.4) is 0 Å². The average Bonchev–Trinajstić information content (AvgIpc) is 2.79. The average molecular weight is 405 g/mol. The number of rotatable bonds is 1. The van der Waals surface area contributed by atoms with Crippen molar-refractivity contribution in [2.45, 2.75) is 32.2 Å². The summed E-state index contributed by atoms with van der Waals surface area (Å²) in [5.74, 6) is 0.0951. The molecule has 1 fully saturated rings. The lowest BCUT2D eigenvalue weighted by Gasteiger charge is -2.43. The SMILES string of the molecule is Cc1c(-c2ccc3c(c2)COC2(CCN(C(=O)NO)CC2)O3)cnc2ccccc12. The molecular formula is C23H23N3O4. The van der Waals surface area contributed by atoms with E-state index >= 15 is 0 Å². The van der Waals surface area contributed by atoms with Gasteiger partial charge in [0.1, 0.15) is 5.75 Å². The lowest BCUT2D eigenvalue weighted by Crippen LogP contribution is -2.54. The van der Waals surface area contributed by atoms with E-state index in [1.165, 1.54) is 5.56 Å². The Morgan fingerprint density at radius 3 is 2.80 bits per heavy atom. The lowest BCUT2D eigenvalue weighted by molar-refractivity contribution is -0.225. The maximum atomic E-state index is 11.6. The van der Waals surface area contributed by atoms with Gasteiger partial charge >= 0.3 is 6.03 Å². The number of hydrogen-bond acceptors (Lipinski definition) is 5. The molecule has 5 rings (SSSR count). The van der Waals surface area contributed by atoms with Crippen molar-refractivity contribution in [3.63, 3.8) is 0 Å². The van der Waals surface area contributed by atoms with Crippen molar-refractivity contribution in [3.05, 3.63) is 59.8 Å². The molecule has 0 radical (unpaired) electrons. The fraction of sp³-hybridized carbons (Fsp3) is 0.304. The maximum Gasteiger partial charge on any atom is 0.341 e. The van der Waals surface area contributed by atoms with Crippen LogP contribution in [-0.2, 0) is 11.3 Å². The van der Waals surface area contributed by atoms with Gasteiger partial charge < -0.3 is 14.4 Å². The molecule has 1 spiro atoms. The Hall–Kier alpha value is -3.16. The minimum absolute atomic E-state index is 0.454. The first-order valence-electron chi connectivity index (χ1n) is 10.1. The third-order valence-corrected chi connectivity index (χ3v) is 6.11. The van der Waals surface area contributed by atoms with Gasteiger partial charge in [-0.1, -0.05) is 24.3 Å². The number of amides is 2. The van der Waals surface area contributed by atoms with Gasteiger partial charge in [0.15, 0.2) is 0 Å². The second-order valence-electron chi connectivity index (χ2n) is 7.84. The number of nitrogens with one attached hydrogen (secondary N) is 1. The van der Waals surface area contributed by atoms with Gasteiger partial charge in [0.2, 0.25) is 5.79 Å². The number of ether oxygens (including phenoxy) is 2. The van der Waals surface area contributed by atoms with Gasteiger partial charge in [-0.3, -0.25) is 10.2 Å². The molecule has 0 aliphatic carbocycles. The van der Waals surface area contributed by atoms with Gasteiger partial charge in [-0.05, 0) is 36.2 Å². The van der Waals surface area contributed by atoms with Crippen LogP contribution in [0.1, 0.15) is 24.0 Å². The Morgan fingerprint density at radius 1 is 1.20 bits per heavy atom. The summed E-state index contributed by atoms with van der Waals surface area (Å²) in [6.07, 6.45) is 3.03. The Morgan fingerprint density at radius 2 is 2.00 bits per heavy atom. The molecule has 2 N–H and O–H groups in total. The Balaban J connectivity index is 1.39. The highest BCUT2D eigenvalue weighted by molar-refractivity contribution is 5.88. The van der Waals surface area contributed by atoms with Crippen molar-refractivity contribution >= 4 is 16.9 Å². The number of piperidine rings is 1. The first kappa shape index (κ1) is 18.8. The lowest BCUT2D eigenvalue weighted by atomic mass is 9.96. The molecule has 3 heterocycles. The van der Waals surface area contributed by atoms with Crippen molar-refractivity contribution < 1.29 is 19.5 Å². The minimum atomic E-state index is -0.721. The Kier molecular flexibility index (Phi) is 4.56. The summed E-state index contributed by atoms with van der Waals surface area (Å²) < 4.78 is 12.4. The highest BCUT2D eigenvalue weighted by Crippen LogP contribution is 2.39. The van der Waals surface area contributed by atoms with Crippen molar-refractivity contribution in [1.29, 1.82) is 0 Å². The van der Waals surface area contributed by atoms with Gasteiger partial charge in [0.05, 0.1) is 12.1 Å². The fourth-order valence-electron chi connectivity index (χ4n) is 4.34. The molecule has 2 aliphatic rings. The summed E-state index contributed by atoms with van der Waals surface area (Å²) in [7, 11) is 0. The van der Waals surface area contributed by atoms with Crippen LogP contribution in [0.15, 0.2) is 48.7 Å². The van der Waals surface area contributed by atoms with Crippen LogP contribution in [0.5, 0.6) is 5.75 Å². The van der Waals surface area contributed by atoms with Crippen LogP contribution < -0.4 is 10.2 Å². The molecule has 0 saturated carbocycles. The smallest absolute Gasteiger partial charge is 0.341 e. The number of benzene rings is 2. The molecule has 1 saturated heterocycles. The van der Waals surface area contributed by atoms with E-state index in [2.05, 4.69) is 30.1 Å². The largest absolute Gasteiger partial charge is 0.462 e. The number of urea groups is 1. The van der Waals surface area contributed by atoms with E-state index in [0.717, 1.165) is 33.3 Å². The third-order valence-electron chi connectivity index (χ3n) is 6.11. The van der Waals surface area contributed by atoms with E-state index in [-0.39, 0.29) is 0 Å². The predicted molar refractivity (Wildman–Crippen MR) is 111 cm³/mol. The molecule has 2 aromatic carbocycles. The zero-order valence-corrected chi connectivity index (χ0v) is 16.7. The van der Waals surface area contributed by atoms with Crippen molar-refractivity contribution in [3.8, 4) is 16.9 Å². The van der Waals surface area contributed by atoms with Crippen LogP contribution in [0.4, 0.5) is 4.79 Å². The molecule has 2 aliphatic heterocycles. The first-order chi connectivity index (χ1) is 14.6. The second-order valence-corrected chi connectivity index (χ2v) is 7.84. The number of likely N-dealkylation sites (tertiary alicyclic amines) is 1. The van der Waals surface area contributed by atoms with E-state index in [1.807, 2.05) is 30.5 Å². The molecule has 154 valence electrons. The van der Waals surface area contributed by atoms with Gasteiger partial charge in [-0.2, -0.15) is 0 Å². The molecule has 0 unspecified atom stereocenters. The highest BCUT2D eigenvalue weighted by Gasteiger charge is 2.42. The number of fused-ring (bicyclic) bond motifs is 2. The molecule has 0 bridgehead atoms. The Labute approximate surface area is 174 Å². The molecule has 3 aromatic rings. The Bertz CT molecular complexity index is 1120. The van der Waals surface area contributed by atoms with E-state index in [0.29, 0.717) is 32.5 Å². The van der Waals surface area contributed by atoms with E-state index in [9.17, 15) is 4.79 Å². The molecule has 1 aromatic heterocycles. The van der Waals surface area contributed by atoms with Crippen LogP contribution in [0.25, 0.3) is 22.0 Å². The van der Waals surface area contributed by atoms with Crippen LogP contribution in [0.2, 0.25) is 0 Å². The van der Waals surface area contributed by atoms with Crippen molar-refractivity contribution in [2.75, 3.05) is 13.1 Å². The van der Waals surface area contributed by atoms with Crippen molar-refractivity contribution in [1.82, 2.24) is 15.4 Å². The normalized spacial score (nSPS) is 17.5. The van der Waals surface area contributed by atoms with Gasteiger partial charge in [-0.15, -0.1) is 0 Å². The number of para-hydroxylation sites is 1. The maximum absolute atomic E-state index is 11.6. The monoisotopic (exact) mass is 405 g/mol. The fourth-order valence-corrected chi connectivity index (χ4v) is 4.34. The topological polar surface area (TPSA) is 83.9 Å². The molecule has 7 nitrogen and oxygen atoms in total. The number of hydrogen-bond donors (Lipinski definition) is 2. The van der Waals surface area contributed by atoms with E-state index in [4.69, 9.17) is 14.7 Å². The zero-order chi connectivity index (χ0) is 20.7. The number of aryl methyl sites for hydroxylation is 1. The number of carbonyl (C=O) groups excluding carboxylic acids is 1. The number of nitrogens with zero attached hydrogens (tertiary/aromatic N) is 2. The van der Waals surface area contributed by atoms with E-state index in [1.54, 1.807) is 10.4 Å². The van der Waals surface area contributed by atoms with E-state index < -0.39 is 11.8 Å². The molecule has 7 heteroatoms. The van der Waals surface area contributed by atoms with Crippen molar-refractivity contribution in [2.24, 2.45) is 0 Å². The number of hydroxylamine groups is 1. The number of aromatic nitrogens is 1. The minimum Gasteiger partial charge on any atom is -0.462 e. The predicted octanol–water partition coefficient (Wildman–Crippen LogP) is 4.01. The summed E-state index contributed by atoms with van der Waals surface area (Å²) in [4.78, 5) is 17.8. The summed E-state index contributed by atoms with van der Waals surface area (Å²) in [6.45, 7) is 3.50. The summed E-state index contributed by atoms with van der Waals surface area (Å²) >= 11 is 0. The molecular weight excluding hydrogens is 382 g/mol. The summed E-state index contributed by atoms with van der Waals surface area (Å²) in [6, 6.07) is 13.8. The van der Waals surface area contributed by atoms with Gasteiger partial charge in [-0.25, -0.2) is 10.3 Å². The quantitative estimate of drug-likeness (QED) is 0.472. The number of carbonyl (C=O) groups is 1. The molecule has 0 atom stereocenters. The standard InChI is InChI=1S/C23H23N3O4/c1-15-18-4-2-3-5-20(18)24-13-19(15)16-6-7-21-17(12-16)14-29-23(30-21)8-10-26(11-9-23)22(27)25-28/h2-7,12-13,28H,8-11,14H2,1H3,(H,25,27). The summed E-state index contributed by atoms with van der Waals surface area (Å²) in [5, 5.41) is 9.96. The highest BCUT2D eigenvalue weighted by atomic mass is 16.7. The van der Waals surface area contributed by atoms with Crippen LogP contribution in [0, 0.1) is 6.92 Å². The van der Waals surface area contributed by atoms with Crippen LogP contribution in [-0.4, -0.2) is 40.0 Å². The van der Waals surface area contributed by atoms with Gasteiger partial charge in [0, 0.05) is 48.6 Å². The summed E-state index contributed by atoms with van der Waals surface area (Å²) in [5.41, 5.74) is 7.05. The molecule has 2 amide bonds. The molecule has 30 heavy (non-hydrogen) atoms. The third kappa shape index (κ3) is 3.16. The van der Waals surface area contributed by atoms with Gasteiger partial charge in [0.25, 0.3) is 0 Å². The number of pyridine rings is 1. The first-order valence-corrected chi connectivity index (χ1v) is 10.1.